The summed E-state index contributed by atoms with van der Waals surface area (Å²) < 4.78 is 2.26. The summed E-state index contributed by atoms with van der Waals surface area (Å²) in [5.41, 5.74) is -0.142. The van der Waals surface area contributed by atoms with Crippen LogP contribution in [0.2, 0.25) is 0 Å². The summed E-state index contributed by atoms with van der Waals surface area (Å²) in [6, 6.07) is 3.15. The van der Waals surface area contributed by atoms with E-state index in [2.05, 4.69) is 22.9 Å². The third-order valence-corrected chi connectivity index (χ3v) is 3.86. The van der Waals surface area contributed by atoms with Crippen LogP contribution in [0.1, 0.15) is 19.8 Å². The summed E-state index contributed by atoms with van der Waals surface area (Å²) in [7, 11) is 0. The number of pyridine rings is 1. The average molecular weight is 313 g/mol. The fraction of sp³-hybridized carbons (Fsp3) is 0.538. The van der Waals surface area contributed by atoms with Crippen LogP contribution in [0.5, 0.6) is 0 Å². The Bertz CT molecular complexity index is 490. The van der Waals surface area contributed by atoms with Crippen LogP contribution >= 0.6 is 15.9 Å². The van der Waals surface area contributed by atoms with Gasteiger partial charge in [0.2, 0.25) is 5.91 Å². The molecule has 18 heavy (non-hydrogen) atoms. The standard InChI is InChI=1S/C13H17BrN2O2/c1-10-4-6-15(7-5-10)13(18)9-16-8-11(14)2-3-12(16)17/h2-3,8,10H,4-7,9H2,1H3. The number of aromatic nitrogens is 1. The Morgan fingerprint density at radius 3 is 2.72 bits per heavy atom. The molecular weight excluding hydrogens is 296 g/mol. The Labute approximate surface area is 115 Å². The van der Waals surface area contributed by atoms with Crippen molar-refractivity contribution in [1.82, 2.24) is 9.47 Å². The van der Waals surface area contributed by atoms with Crippen molar-refractivity contribution in [2.24, 2.45) is 5.92 Å². The Hall–Kier alpha value is -1.10. The minimum Gasteiger partial charge on any atom is -0.341 e. The minimum atomic E-state index is -0.142. The maximum atomic E-state index is 12.1. The van der Waals surface area contributed by atoms with Gasteiger partial charge in [0.05, 0.1) is 0 Å². The second-order valence-corrected chi connectivity index (χ2v) is 5.79. The molecule has 0 unspecified atom stereocenters. The molecule has 0 aromatic carbocycles. The Morgan fingerprint density at radius 2 is 2.06 bits per heavy atom. The average Bonchev–Trinajstić information content (AvgIpc) is 2.34. The van der Waals surface area contributed by atoms with Gasteiger partial charge in [-0.25, -0.2) is 0 Å². The van der Waals surface area contributed by atoms with E-state index in [0.717, 1.165) is 30.4 Å². The molecule has 1 aromatic rings. The molecule has 1 fully saturated rings. The predicted molar refractivity (Wildman–Crippen MR) is 73.4 cm³/mol. The highest BCUT2D eigenvalue weighted by Gasteiger charge is 2.20. The summed E-state index contributed by atoms with van der Waals surface area (Å²) in [5, 5.41) is 0. The zero-order chi connectivity index (χ0) is 13.1. The number of carbonyl (C=O) groups excluding carboxylic acids is 1. The van der Waals surface area contributed by atoms with Crippen LogP contribution in [0, 0.1) is 5.92 Å². The lowest BCUT2D eigenvalue weighted by Crippen LogP contribution is -2.41. The topological polar surface area (TPSA) is 42.3 Å². The van der Waals surface area contributed by atoms with Crippen molar-refractivity contribution >= 4 is 21.8 Å². The zero-order valence-electron chi connectivity index (χ0n) is 10.4. The summed E-state index contributed by atoms with van der Waals surface area (Å²) in [5.74, 6) is 0.727. The van der Waals surface area contributed by atoms with E-state index in [-0.39, 0.29) is 18.0 Å². The second-order valence-electron chi connectivity index (χ2n) is 4.88. The first-order valence-corrected chi connectivity index (χ1v) is 6.99. The van der Waals surface area contributed by atoms with E-state index in [1.807, 2.05) is 4.90 Å². The molecule has 0 atom stereocenters. The number of amides is 1. The SMILES string of the molecule is CC1CCN(C(=O)Cn2cc(Br)ccc2=O)CC1. The number of likely N-dealkylation sites (tertiary alicyclic amines) is 1. The van der Waals surface area contributed by atoms with Crippen LogP contribution in [0.3, 0.4) is 0 Å². The molecule has 0 saturated carbocycles. The number of rotatable bonds is 2. The smallest absolute Gasteiger partial charge is 0.251 e. The lowest BCUT2D eigenvalue weighted by Gasteiger charge is -2.30. The molecule has 1 aliphatic heterocycles. The molecule has 1 amide bonds. The monoisotopic (exact) mass is 312 g/mol. The largest absolute Gasteiger partial charge is 0.341 e. The molecular formula is C13H17BrN2O2. The molecule has 1 aliphatic rings. The van der Waals surface area contributed by atoms with Crippen molar-refractivity contribution in [3.05, 3.63) is 33.2 Å². The van der Waals surface area contributed by atoms with Crippen LogP contribution < -0.4 is 5.56 Å². The summed E-state index contributed by atoms with van der Waals surface area (Å²) in [6.07, 6.45) is 3.77. The Kier molecular flexibility index (Phi) is 4.22. The fourth-order valence-electron chi connectivity index (χ4n) is 2.13. The number of carbonyl (C=O) groups is 1. The van der Waals surface area contributed by atoms with E-state index in [4.69, 9.17) is 0 Å². The Morgan fingerprint density at radius 1 is 1.39 bits per heavy atom. The van der Waals surface area contributed by atoms with Crippen molar-refractivity contribution < 1.29 is 4.79 Å². The first-order valence-electron chi connectivity index (χ1n) is 6.20. The van der Waals surface area contributed by atoms with Crippen LogP contribution in [0.25, 0.3) is 0 Å². The highest BCUT2D eigenvalue weighted by molar-refractivity contribution is 9.10. The number of hydrogen-bond acceptors (Lipinski definition) is 2. The zero-order valence-corrected chi connectivity index (χ0v) is 12.0. The van der Waals surface area contributed by atoms with Gasteiger partial charge < -0.3 is 9.47 Å². The normalized spacial score (nSPS) is 16.9. The summed E-state index contributed by atoms with van der Waals surface area (Å²) >= 11 is 3.31. The van der Waals surface area contributed by atoms with Gasteiger partial charge in [0, 0.05) is 29.8 Å². The van der Waals surface area contributed by atoms with Crippen LogP contribution in [-0.2, 0) is 11.3 Å². The Balaban J connectivity index is 2.03. The lowest BCUT2D eigenvalue weighted by atomic mass is 9.99. The number of halogens is 1. The van der Waals surface area contributed by atoms with Gasteiger partial charge in [-0.2, -0.15) is 0 Å². The molecule has 1 aromatic heterocycles. The molecule has 2 rings (SSSR count). The van der Waals surface area contributed by atoms with Gasteiger partial charge in [-0.05, 0) is 40.8 Å². The molecule has 0 N–H and O–H groups in total. The minimum absolute atomic E-state index is 0.0297. The first kappa shape index (κ1) is 13.3. The van der Waals surface area contributed by atoms with Gasteiger partial charge in [-0.1, -0.05) is 6.92 Å². The van der Waals surface area contributed by atoms with E-state index in [9.17, 15) is 9.59 Å². The van der Waals surface area contributed by atoms with Crippen LogP contribution in [-0.4, -0.2) is 28.5 Å². The van der Waals surface area contributed by atoms with Crippen LogP contribution in [0.15, 0.2) is 27.6 Å². The van der Waals surface area contributed by atoms with E-state index in [0.29, 0.717) is 5.92 Å². The summed E-state index contributed by atoms with van der Waals surface area (Å²) in [4.78, 5) is 25.6. The number of nitrogens with zero attached hydrogens (tertiary/aromatic N) is 2. The number of hydrogen-bond donors (Lipinski definition) is 0. The third-order valence-electron chi connectivity index (χ3n) is 3.39. The molecule has 0 radical (unpaired) electrons. The molecule has 0 bridgehead atoms. The lowest BCUT2D eigenvalue weighted by molar-refractivity contribution is -0.133. The summed E-state index contributed by atoms with van der Waals surface area (Å²) in [6.45, 7) is 3.96. The van der Waals surface area contributed by atoms with E-state index >= 15 is 0 Å². The number of piperidine rings is 1. The fourth-order valence-corrected chi connectivity index (χ4v) is 2.51. The molecule has 0 aliphatic carbocycles. The molecule has 5 heteroatoms. The molecule has 1 saturated heterocycles. The maximum absolute atomic E-state index is 12.1. The molecule has 2 heterocycles. The van der Waals surface area contributed by atoms with Gasteiger partial charge in [0.25, 0.3) is 5.56 Å². The van der Waals surface area contributed by atoms with E-state index in [1.54, 1.807) is 12.3 Å². The van der Waals surface area contributed by atoms with Crippen molar-refractivity contribution in [1.29, 1.82) is 0 Å². The van der Waals surface area contributed by atoms with Gasteiger partial charge >= 0.3 is 0 Å². The molecule has 98 valence electrons. The predicted octanol–water partition coefficient (Wildman–Crippen LogP) is 1.87. The van der Waals surface area contributed by atoms with Gasteiger partial charge in [-0.15, -0.1) is 0 Å². The highest BCUT2D eigenvalue weighted by Crippen LogP contribution is 2.16. The first-order chi connectivity index (χ1) is 8.56. The van der Waals surface area contributed by atoms with Gasteiger partial charge in [-0.3, -0.25) is 9.59 Å². The van der Waals surface area contributed by atoms with Crippen molar-refractivity contribution in [2.45, 2.75) is 26.3 Å². The highest BCUT2D eigenvalue weighted by atomic mass is 79.9. The second kappa shape index (κ2) is 5.69. The van der Waals surface area contributed by atoms with Gasteiger partial charge in [0.1, 0.15) is 6.54 Å². The quantitative estimate of drug-likeness (QED) is 0.836. The maximum Gasteiger partial charge on any atom is 0.251 e. The van der Waals surface area contributed by atoms with E-state index in [1.165, 1.54) is 10.6 Å². The van der Waals surface area contributed by atoms with Crippen molar-refractivity contribution in [3.63, 3.8) is 0 Å². The van der Waals surface area contributed by atoms with Crippen molar-refractivity contribution in [3.8, 4) is 0 Å². The third kappa shape index (κ3) is 3.22. The van der Waals surface area contributed by atoms with E-state index < -0.39 is 0 Å². The molecule has 0 spiro atoms. The van der Waals surface area contributed by atoms with Crippen LogP contribution in [0.4, 0.5) is 0 Å². The van der Waals surface area contributed by atoms with Gasteiger partial charge in [0.15, 0.2) is 0 Å². The van der Waals surface area contributed by atoms with Crippen molar-refractivity contribution in [2.75, 3.05) is 13.1 Å². The molecule has 4 nitrogen and oxygen atoms in total.